The fourth-order valence-electron chi connectivity index (χ4n) is 2.18. The Labute approximate surface area is 130 Å². The van der Waals surface area contributed by atoms with Crippen molar-refractivity contribution in [3.63, 3.8) is 0 Å². The van der Waals surface area contributed by atoms with Crippen molar-refractivity contribution in [1.82, 2.24) is 4.90 Å². The molecule has 0 saturated carbocycles. The Morgan fingerprint density at radius 2 is 2.10 bits per heavy atom. The second-order valence-electron chi connectivity index (χ2n) is 5.22. The molecule has 0 unspecified atom stereocenters. The van der Waals surface area contributed by atoms with Gasteiger partial charge >= 0.3 is 0 Å². The van der Waals surface area contributed by atoms with Crippen molar-refractivity contribution in [2.45, 2.75) is 33.0 Å². The maximum absolute atomic E-state index is 9.04. The first-order valence-electron chi connectivity index (χ1n) is 6.97. The minimum atomic E-state index is 0.453. The van der Waals surface area contributed by atoms with Crippen LogP contribution in [0.2, 0.25) is 0 Å². The van der Waals surface area contributed by atoms with Gasteiger partial charge in [0.2, 0.25) is 0 Å². The summed E-state index contributed by atoms with van der Waals surface area (Å²) in [6.07, 6.45) is 0. The minimum absolute atomic E-state index is 0.453. The molecular formula is C17H20N2OS. The summed E-state index contributed by atoms with van der Waals surface area (Å²) in [5.41, 5.74) is 1.74. The fourth-order valence-corrected chi connectivity index (χ4v) is 2.91. The highest BCUT2D eigenvalue weighted by molar-refractivity contribution is 7.09. The zero-order valence-corrected chi connectivity index (χ0v) is 13.5. The summed E-state index contributed by atoms with van der Waals surface area (Å²) in [7, 11) is 1.60. The second kappa shape index (κ2) is 7.26. The van der Waals surface area contributed by atoms with E-state index in [0.29, 0.717) is 17.4 Å². The maximum atomic E-state index is 9.04. The Balaban J connectivity index is 2.15. The number of benzene rings is 1. The van der Waals surface area contributed by atoms with Crippen molar-refractivity contribution < 1.29 is 4.74 Å². The van der Waals surface area contributed by atoms with E-state index in [0.717, 1.165) is 18.7 Å². The van der Waals surface area contributed by atoms with Crippen LogP contribution in [0.5, 0.6) is 5.75 Å². The first-order valence-corrected chi connectivity index (χ1v) is 7.85. The van der Waals surface area contributed by atoms with Crippen molar-refractivity contribution in [1.29, 1.82) is 5.26 Å². The SMILES string of the molecule is COc1cc(CN(Cc2cccs2)C(C)C)ccc1C#N. The molecule has 2 aromatic rings. The lowest BCUT2D eigenvalue weighted by Crippen LogP contribution is -2.29. The van der Waals surface area contributed by atoms with Gasteiger partial charge in [0.15, 0.2) is 0 Å². The summed E-state index contributed by atoms with van der Waals surface area (Å²) in [4.78, 5) is 3.77. The van der Waals surface area contributed by atoms with E-state index in [-0.39, 0.29) is 0 Å². The molecule has 0 aliphatic heterocycles. The molecule has 0 bridgehead atoms. The van der Waals surface area contributed by atoms with E-state index in [1.54, 1.807) is 18.4 Å². The predicted octanol–water partition coefficient (Wildman–Crippen LogP) is 4.04. The van der Waals surface area contributed by atoms with Crippen LogP contribution < -0.4 is 4.74 Å². The Morgan fingerprint density at radius 1 is 1.29 bits per heavy atom. The van der Waals surface area contributed by atoms with Crippen LogP contribution in [0.3, 0.4) is 0 Å². The number of ether oxygens (including phenoxy) is 1. The number of thiophene rings is 1. The van der Waals surface area contributed by atoms with Crippen molar-refractivity contribution in [2.75, 3.05) is 7.11 Å². The van der Waals surface area contributed by atoms with Crippen LogP contribution in [0.25, 0.3) is 0 Å². The van der Waals surface area contributed by atoms with Gasteiger partial charge in [0.1, 0.15) is 11.8 Å². The lowest BCUT2D eigenvalue weighted by molar-refractivity contribution is 0.205. The summed E-state index contributed by atoms with van der Waals surface area (Å²) >= 11 is 1.78. The van der Waals surface area contributed by atoms with Gasteiger partial charge in [-0.3, -0.25) is 4.90 Å². The van der Waals surface area contributed by atoms with Crippen molar-refractivity contribution >= 4 is 11.3 Å². The van der Waals surface area contributed by atoms with E-state index in [2.05, 4.69) is 42.3 Å². The van der Waals surface area contributed by atoms with Crippen LogP contribution >= 0.6 is 11.3 Å². The average Bonchev–Trinajstić information content (AvgIpc) is 2.99. The second-order valence-corrected chi connectivity index (χ2v) is 6.26. The van der Waals surface area contributed by atoms with Crippen molar-refractivity contribution in [2.24, 2.45) is 0 Å². The molecule has 0 aliphatic rings. The molecule has 0 fully saturated rings. The molecule has 4 heteroatoms. The van der Waals surface area contributed by atoms with Gasteiger partial charge in [0, 0.05) is 24.0 Å². The third-order valence-corrected chi connectivity index (χ3v) is 4.30. The standard InChI is InChI=1S/C17H20N2OS/c1-13(2)19(12-16-5-4-8-21-16)11-14-6-7-15(10-18)17(9-14)20-3/h4-9,13H,11-12H2,1-3H3. The number of nitriles is 1. The number of hydrogen-bond donors (Lipinski definition) is 0. The number of hydrogen-bond acceptors (Lipinski definition) is 4. The predicted molar refractivity (Wildman–Crippen MR) is 86.4 cm³/mol. The van der Waals surface area contributed by atoms with Gasteiger partial charge in [-0.05, 0) is 43.0 Å². The highest BCUT2D eigenvalue weighted by atomic mass is 32.1. The average molecular weight is 300 g/mol. The lowest BCUT2D eigenvalue weighted by Gasteiger charge is -2.26. The van der Waals surface area contributed by atoms with Crippen LogP contribution in [-0.4, -0.2) is 18.1 Å². The molecule has 0 saturated heterocycles. The smallest absolute Gasteiger partial charge is 0.136 e. The molecule has 2 rings (SSSR count). The van der Waals surface area contributed by atoms with E-state index in [1.165, 1.54) is 4.88 Å². The van der Waals surface area contributed by atoms with Gasteiger partial charge in [-0.2, -0.15) is 5.26 Å². The highest BCUT2D eigenvalue weighted by Gasteiger charge is 2.13. The van der Waals surface area contributed by atoms with E-state index in [4.69, 9.17) is 10.00 Å². The molecular weight excluding hydrogens is 280 g/mol. The lowest BCUT2D eigenvalue weighted by atomic mass is 10.1. The Bertz CT molecular complexity index is 614. The summed E-state index contributed by atoms with van der Waals surface area (Å²) in [6, 6.07) is 12.7. The van der Waals surface area contributed by atoms with Gasteiger partial charge in [-0.25, -0.2) is 0 Å². The van der Waals surface area contributed by atoms with Crippen LogP contribution in [-0.2, 0) is 13.1 Å². The van der Waals surface area contributed by atoms with Gasteiger partial charge < -0.3 is 4.74 Å². The highest BCUT2D eigenvalue weighted by Crippen LogP contribution is 2.22. The third-order valence-electron chi connectivity index (χ3n) is 3.44. The largest absolute Gasteiger partial charge is 0.495 e. The summed E-state index contributed by atoms with van der Waals surface area (Å²) in [6.45, 7) is 6.19. The normalized spacial score (nSPS) is 10.9. The summed E-state index contributed by atoms with van der Waals surface area (Å²) in [5, 5.41) is 11.2. The molecule has 0 spiro atoms. The Hall–Kier alpha value is -1.83. The van der Waals surface area contributed by atoms with Gasteiger partial charge in [0.05, 0.1) is 12.7 Å². The first-order chi connectivity index (χ1) is 10.1. The van der Waals surface area contributed by atoms with E-state index in [1.807, 2.05) is 18.2 Å². The number of methoxy groups -OCH3 is 1. The molecule has 0 aliphatic carbocycles. The number of nitrogens with zero attached hydrogens (tertiary/aromatic N) is 2. The Morgan fingerprint density at radius 3 is 2.67 bits per heavy atom. The van der Waals surface area contributed by atoms with Crippen LogP contribution in [0.4, 0.5) is 0 Å². The molecule has 0 atom stereocenters. The van der Waals surface area contributed by atoms with E-state index < -0.39 is 0 Å². The molecule has 0 N–H and O–H groups in total. The topological polar surface area (TPSA) is 36.3 Å². The summed E-state index contributed by atoms with van der Waals surface area (Å²) < 4.78 is 5.29. The molecule has 0 amide bonds. The van der Waals surface area contributed by atoms with Gasteiger partial charge in [-0.1, -0.05) is 12.1 Å². The van der Waals surface area contributed by atoms with Crippen molar-refractivity contribution in [3.8, 4) is 11.8 Å². The van der Waals surface area contributed by atoms with Crippen LogP contribution in [0.15, 0.2) is 35.7 Å². The van der Waals surface area contributed by atoms with E-state index in [9.17, 15) is 0 Å². The molecule has 21 heavy (non-hydrogen) atoms. The Kier molecular flexibility index (Phi) is 5.38. The monoisotopic (exact) mass is 300 g/mol. The zero-order valence-electron chi connectivity index (χ0n) is 12.7. The molecule has 0 radical (unpaired) electrons. The van der Waals surface area contributed by atoms with Crippen molar-refractivity contribution in [3.05, 3.63) is 51.7 Å². The maximum Gasteiger partial charge on any atom is 0.136 e. The van der Waals surface area contributed by atoms with Gasteiger partial charge in [-0.15, -0.1) is 11.3 Å². The molecule has 1 heterocycles. The number of rotatable bonds is 6. The third kappa shape index (κ3) is 4.07. The molecule has 1 aromatic heterocycles. The fraction of sp³-hybridized carbons (Fsp3) is 0.353. The molecule has 3 nitrogen and oxygen atoms in total. The first kappa shape index (κ1) is 15.6. The van der Waals surface area contributed by atoms with Gasteiger partial charge in [0.25, 0.3) is 0 Å². The zero-order chi connectivity index (χ0) is 15.2. The van der Waals surface area contributed by atoms with Crippen LogP contribution in [0, 0.1) is 11.3 Å². The quantitative estimate of drug-likeness (QED) is 0.808. The molecule has 110 valence electrons. The minimum Gasteiger partial charge on any atom is -0.495 e. The van der Waals surface area contributed by atoms with E-state index >= 15 is 0 Å². The molecule has 1 aromatic carbocycles. The summed E-state index contributed by atoms with van der Waals surface area (Å²) in [5.74, 6) is 0.648. The van der Waals surface area contributed by atoms with Crippen LogP contribution in [0.1, 0.15) is 29.9 Å².